The van der Waals surface area contributed by atoms with Crippen molar-refractivity contribution in [3.63, 3.8) is 0 Å². The van der Waals surface area contributed by atoms with E-state index in [0.717, 1.165) is 6.54 Å². The first-order chi connectivity index (χ1) is 9.61. The van der Waals surface area contributed by atoms with Gasteiger partial charge in [-0.1, -0.05) is 46.0 Å². The van der Waals surface area contributed by atoms with Gasteiger partial charge >= 0.3 is 0 Å². The van der Waals surface area contributed by atoms with Crippen molar-refractivity contribution in [1.29, 1.82) is 0 Å². The van der Waals surface area contributed by atoms with E-state index in [1.54, 1.807) is 0 Å². The standard InChI is InChI=1S/C17H33N3/c1-6-8-9-10-11-12-16(18-13-7-2)17-14(3)19-20(5)15(17)4/h16,18H,6-13H2,1-5H3. The van der Waals surface area contributed by atoms with Crippen LogP contribution in [0.2, 0.25) is 0 Å². The van der Waals surface area contributed by atoms with Crippen molar-refractivity contribution in [2.75, 3.05) is 6.54 Å². The summed E-state index contributed by atoms with van der Waals surface area (Å²) in [4.78, 5) is 0. The van der Waals surface area contributed by atoms with E-state index in [1.165, 1.54) is 61.9 Å². The SMILES string of the molecule is CCCCCCCC(NCCC)c1c(C)nn(C)c1C. The van der Waals surface area contributed by atoms with Crippen LogP contribution in [-0.2, 0) is 7.05 Å². The summed E-state index contributed by atoms with van der Waals surface area (Å²) >= 11 is 0. The van der Waals surface area contributed by atoms with Crippen LogP contribution in [0.25, 0.3) is 0 Å². The Morgan fingerprint density at radius 2 is 1.75 bits per heavy atom. The topological polar surface area (TPSA) is 29.9 Å². The predicted molar refractivity (Wildman–Crippen MR) is 87.1 cm³/mol. The van der Waals surface area contributed by atoms with E-state index in [1.807, 2.05) is 11.7 Å². The van der Waals surface area contributed by atoms with Gasteiger partial charge in [-0.25, -0.2) is 0 Å². The molecule has 0 aromatic carbocycles. The van der Waals surface area contributed by atoms with Crippen molar-refractivity contribution in [2.24, 2.45) is 7.05 Å². The summed E-state index contributed by atoms with van der Waals surface area (Å²) < 4.78 is 2.02. The van der Waals surface area contributed by atoms with Crippen molar-refractivity contribution in [3.05, 3.63) is 17.0 Å². The molecule has 3 heteroatoms. The molecule has 20 heavy (non-hydrogen) atoms. The predicted octanol–water partition coefficient (Wildman–Crippen LogP) is 4.44. The van der Waals surface area contributed by atoms with Crippen LogP contribution >= 0.6 is 0 Å². The monoisotopic (exact) mass is 279 g/mol. The fraction of sp³-hybridized carbons (Fsp3) is 0.824. The fourth-order valence-corrected chi connectivity index (χ4v) is 2.91. The Balaban J connectivity index is 2.63. The lowest BCUT2D eigenvalue weighted by molar-refractivity contribution is 0.464. The van der Waals surface area contributed by atoms with E-state index in [9.17, 15) is 0 Å². The van der Waals surface area contributed by atoms with E-state index in [2.05, 4.69) is 38.1 Å². The zero-order valence-electron chi connectivity index (χ0n) is 14.1. The molecular formula is C17H33N3. The molecule has 3 nitrogen and oxygen atoms in total. The fourth-order valence-electron chi connectivity index (χ4n) is 2.91. The van der Waals surface area contributed by atoms with Gasteiger partial charge in [0.25, 0.3) is 0 Å². The van der Waals surface area contributed by atoms with Gasteiger partial charge in [-0.05, 0) is 33.2 Å². The molecule has 0 radical (unpaired) electrons. The molecule has 1 rings (SSSR count). The van der Waals surface area contributed by atoms with Crippen molar-refractivity contribution < 1.29 is 0 Å². The quantitative estimate of drug-likeness (QED) is 0.642. The molecule has 0 bridgehead atoms. The third kappa shape index (κ3) is 4.93. The number of hydrogen-bond donors (Lipinski definition) is 1. The highest BCUT2D eigenvalue weighted by molar-refractivity contribution is 5.28. The zero-order valence-corrected chi connectivity index (χ0v) is 14.1. The van der Waals surface area contributed by atoms with Crippen LogP contribution in [0.5, 0.6) is 0 Å². The summed E-state index contributed by atoms with van der Waals surface area (Å²) in [5.74, 6) is 0. The van der Waals surface area contributed by atoms with Crippen molar-refractivity contribution >= 4 is 0 Å². The lowest BCUT2D eigenvalue weighted by atomic mass is 9.98. The Kier molecular flexibility index (Phi) is 7.90. The first-order valence-electron chi connectivity index (χ1n) is 8.35. The Morgan fingerprint density at radius 3 is 2.30 bits per heavy atom. The number of unbranched alkanes of at least 4 members (excludes halogenated alkanes) is 4. The van der Waals surface area contributed by atoms with Crippen LogP contribution < -0.4 is 5.32 Å². The summed E-state index contributed by atoms with van der Waals surface area (Å²) in [5, 5.41) is 8.29. The molecule has 0 saturated carbocycles. The second-order valence-corrected chi connectivity index (χ2v) is 5.92. The Hall–Kier alpha value is -0.830. The Bertz CT molecular complexity index is 382. The Labute approximate surface area is 125 Å². The number of rotatable bonds is 10. The second-order valence-electron chi connectivity index (χ2n) is 5.92. The average molecular weight is 279 g/mol. The molecule has 116 valence electrons. The molecule has 0 spiro atoms. The molecule has 1 unspecified atom stereocenters. The van der Waals surface area contributed by atoms with E-state index >= 15 is 0 Å². The van der Waals surface area contributed by atoms with Crippen molar-refractivity contribution in [1.82, 2.24) is 15.1 Å². The normalized spacial score (nSPS) is 12.8. The Morgan fingerprint density at radius 1 is 1.05 bits per heavy atom. The molecule has 0 fully saturated rings. The second kappa shape index (κ2) is 9.17. The lowest BCUT2D eigenvalue weighted by Gasteiger charge is -2.19. The molecule has 1 heterocycles. The minimum atomic E-state index is 0.477. The molecule has 0 saturated heterocycles. The van der Waals surface area contributed by atoms with Gasteiger partial charge in [0.2, 0.25) is 0 Å². The van der Waals surface area contributed by atoms with Crippen LogP contribution in [0, 0.1) is 13.8 Å². The van der Waals surface area contributed by atoms with Gasteiger partial charge in [-0.15, -0.1) is 0 Å². The molecular weight excluding hydrogens is 246 g/mol. The molecule has 0 aliphatic carbocycles. The van der Waals surface area contributed by atoms with E-state index in [4.69, 9.17) is 0 Å². The van der Waals surface area contributed by atoms with Gasteiger partial charge in [-0.3, -0.25) is 4.68 Å². The van der Waals surface area contributed by atoms with Crippen LogP contribution in [0.1, 0.15) is 81.8 Å². The van der Waals surface area contributed by atoms with Gasteiger partial charge < -0.3 is 5.32 Å². The summed E-state index contributed by atoms with van der Waals surface area (Å²) in [6, 6.07) is 0.477. The highest BCUT2D eigenvalue weighted by Gasteiger charge is 2.19. The smallest absolute Gasteiger partial charge is 0.0644 e. The summed E-state index contributed by atoms with van der Waals surface area (Å²) in [6.45, 7) is 9.92. The van der Waals surface area contributed by atoms with Gasteiger partial charge in [0.1, 0.15) is 0 Å². The molecule has 1 aromatic heterocycles. The lowest BCUT2D eigenvalue weighted by Crippen LogP contribution is -2.23. The van der Waals surface area contributed by atoms with Crippen molar-refractivity contribution in [3.8, 4) is 0 Å². The van der Waals surface area contributed by atoms with Crippen LogP contribution in [0.4, 0.5) is 0 Å². The maximum Gasteiger partial charge on any atom is 0.0644 e. The van der Waals surface area contributed by atoms with Gasteiger partial charge in [0, 0.05) is 24.3 Å². The highest BCUT2D eigenvalue weighted by Crippen LogP contribution is 2.26. The maximum absolute atomic E-state index is 4.57. The molecule has 0 aliphatic heterocycles. The molecule has 1 N–H and O–H groups in total. The minimum Gasteiger partial charge on any atom is -0.310 e. The summed E-state index contributed by atoms with van der Waals surface area (Å²) in [6.07, 6.45) is 9.16. The number of aromatic nitrogens is 2. The average Bonchev–Trinajstić information content (AvgIpc) is 2.67. The third-order valence-electron chi connectivity index (χ3n) is 4.15. The first kappa shape index (κ1) is 17.2. The van der Waals surface area contributed by atoms with Crippen molar-refractivity contribution in [2.45, 2.75) is 78.7 Å². The van der Waals surface area contributed by atoms with Crippen LogP contribution in [-0.4, -0.2) is 16.3 Å². The van der Waals surface area contributed by atoms with E-state index in [0.29, 0.717) is 6.04 Å². The number of hydrogen-bond acceptors (Lipinski definition) is 2. The summed E-state index contributed by atoms with van der Waals surface area (Å²) in [7, 11) is 2.05. The largest absolute Gasteiger partial charge is 0.310 e. The zero-order chi connectivity index (χ0) is 15.0. The summed E-state index contributed by atoms with van der Waals surface area (Å²) in [5.41, 5.74) is 3.92. The molecule has 0 aliphatic rings. The minimum absolute atomic E-state index is 0.477. The van der Waals surface area contributed by atoms with Gasteiger partial charge in [-0.2, -0.15) is 5.10 Å². The van der Waals surface area contributed by atoms with Gasteiger partial charge in [0.15, 0.2) is 0 Å². The van der Waals surface area contributed by atoms with Gasteiger partial charge in [0.05, 0.1) is 5.69 Å². The van der Waals surface area contributed by atoms with Crippen LogP contribution in [0.15, 0.2) is 0 Å². The third-order valence-corrected chi connectivity index (χ3v) is 4.15. The number of aryl methyl sites for hydroxylation is 2. The number of nitrogens with zero attached hydrogens (tertiary/aromatic N) is 2. The maximum atomic E-state index is 4.57. The molecule has 1 aromatic rings. The number of nitrogens with one attached hydrogen (secondary N) is 1. The van der Waals surface area contributed by atoms with E-state index < -0.39 is 0 Å². The first-order valence-corrected chi connectivity index (χ1v) is 8.35. The molecule has 0 amide bonds. The van der Waals surface area contributed by atoms with Crippen LogP contribution in [0.3, 0.4) is 0 Å². The highest BCUT2D eigenvalue weighted by atomic mass is 15.3. The van der Waals surface area contributed by atoms with E-state index in [-0.39, 0.29) is 0 Å². The molecule has 1 atom stereocenters.